The van der Waals surface area contributed by atoms with Crippen molar-refractivity contribution in [3.05, 3.63) is 182 Å². The second kappa shape index (κ2) is 14.8. The van der Waals surface area contributed by atoms with Crippen molar-refractivity contribution in [2.45, 2.75) is 24.3 Å². The Balaban J connectivity index is 1.42. The smallest absolute Gasteiger partial charge is 0.449 e. The van der Waals surface area contributed by atoms with E-state index in [1.165, 1.54) is 0 Å². The van der Waals surface area contributed by atoms with Crippen molar-refractivity contribution in [1.82, 2.24) is 0 Å². The van der Waals surface area contributed by atoms with Gasteiger partial charge in [-0.05, 0) is 79.7 Å². The van der Waals surface area contributed by atoms with Gasteiger partial charge in [-0.1, -0.05) is 109 Å². The molecule has 6 aromatic carbocycles. The van der Waals surface area contributed by atoms with E-state index in [4.69, 9.17) is 41.4 Å². The van der Waals surface area contributed by atoms with Gasteiger partial charge in [0, 0.05) is 0 Å². The maximum atomic E-state index is 7.00. The summed E-state index contributed by atoms with van der Waals surface area (Å²) in [4.78, 5) is 0. The first-order valence-electron chi connectivity index (χ1n) is 16.8. The number of hydrogen-bond donors (Lipinski definition) is 0. The number of rotatable bonds is 12. The Kier molecular flexibility index (Phi) is 9.66. The van der Waals surface area contributed by atoms with E-state index in [0.29, 0.717) is 34.5 Å². The number of benzene rings is 6. The molecule has 8 rings (SSSR count). The Morgan fingerprint density at radius 1 is 0.404 bits per heavy atom. The molecule has 52 heavy (non-hydrogen) atoms. The maximum absolute atomic E-state index is 7.00. The highest BCUT2D eigenvalue weighted by Crippen LogP contribution is 2.83. The van der Waals surface area contributed by atoms with Crippen LogP contribution < -0.4 is 27.4 Å². The van der Waals surface area contributed by atoms with Crippen molar-refractivity contribution in [3.8, 4) is 34.5 Å². The summed E-state index contributed by atoms with van der Waals surface area (Å²) in [6.07, 6.45) is 0. The van der Waals surface area contributed by atoms with E-state index in [1.54, 1.807) is 0 Å². The summed E-state index contributed by atoms with van der Waals surface area (Å²) in [5, 5.41) is 0. The van der Waals surface area contributed by atoms with Crippen molar-refractivity contribution in [2.24, 2.45) is 14.0 Å². The van der Waals surface area contributed by atoms with Gasteiger partial charge in [-0.15, -0.1) is 4.52 Å². The molecule has 0 saturated carbocycles. The third kappa shape index (κ3) is 7.40. The van der Waals surface area contributed by atoms with Crippen LogP contribution in [0.15, 0.2) is 196 Å². The third-order valence-electron chi connectivity index (χ3n) is 8.12. The van der Waals surface area contributed by atoms with E-state index in [1.807, 2.05) is 189 Å². The zero-order valence-electron chi connectivity index (χ0n) is 28.2. The van der Waals surface area contributed by atoms with Gasteiger partial charge in [-0.3, -0.25) is 0 Å². The molecule has 0 aliphatic carbocycles. The fraction of sp³-hybridized carbons (Fsp3) is 0.100. The lowest BCUT2D eigenvalue weighted by atomic mass is 10.3. The van der Waals surface area contributed by atoms with Gasteiger partial charge >= 0.3 is 15.2 Å². The van der Waals surface area contributed by atoms with E-state index in [-0.39, 0.29) is 0 Å². The third-order valence-corrected chi connectivity index (χ3v) is 17.0. The van der Waals surface area contributed by atoms with Gasteiger partial charge in [0.05, 0.1) is 0 Å². The van der Waals surface area contributed by atoms with Crippen molar-refractivity contribution in [2.75, 3.05) is 0 Å². The molecule has 4 atom stereocenters. The molecule has 0 amide bonds. The molecule has 2 aliphatic rings. The van der Waals surface area contributed by atoms with Crippen LogP contribution in [0.4, 0.5) is 0 Å². The fourth-order valence-electron chi connectivity index (χ4n) is 5.63. The monoisotopic (exact) mass is 747 g/mol. The predicted octanol–water partition coefficient (Wildman–Crippen LogP) is 12.6. The van der Waals surface area contributed by atoms with Gasteiger partial charge in [0.25, 0.3) is 0 Å². The lowest BCUT2D eigenvalue weighted by Crippen LogP contribution is -2.15. The number of para-hydroxylation sites is 6. The Morgan fingerprint density at radius 2 is 0.750 bits per heavy atom. The summed E-state index contributed by atoms with van der Waals surface area (Å²) in [7, 11) is -10.4. The van der Waals surface area contributed by atoms with Crippen molar-refractivity contribution in [1.29, 1.82) is 0 Å². The van der Waals surface area contributed by atoms with Crippen LogP contribution in [0.2, 0.25) is 0 Å². The predicted molar refractivity (Wildman–Crippen MR) is 208 cm³/mol. The number of ether oxygens (including phenoxy) is 1. The molecule has 3 unspecified atom stereocenters. The van der Waals surface area contributed by atoms with Crippen LogP contribution >= 0.6 is 22.4 Å². The van der Waals surface area contributed by atoms with Crippen LogP contribution in [-0.2, 0) is 0 Å². The van der Waals surface area contributed by atoms with E-state index in [9.17, 15) is 0 Å². The highest BCUT2D eigenvalue weighted by molar-refractivity contribution is 7.74. The van der Waals surface area contributed by atoms with E-state index >= 15 is 0 Å². The summed E-state index contributed by atoms with van der Waals surface area (Å²) >= 11 is 0. The summed E-state index contributed by atoms with van der Waals surface area (Å²) in [6, 6.07) is 57.1. The first kappa shape index (κ1) is 33.9. The minimum atomic E-state index is -3.78. The van der Waals surface area contributed by atoms with Crippen LogP contribution in [0.1, 0.15) is 6.92 Å². The quantitative estimate of drug-likeness (QED) is 0.116. The van der Waals surface area contributed by atoms with Crippen LogP contribution in [0.3, 0.4) is 0 Å². The first-order chi connectivity index (χ1) is 25.5. The molecule has 2 aliphatic heterocycles. The molecule has 262 valence electrons. The molecule has 1 saturated heterocycles. The molecule has 1 fully saturated rings. The normalized spacial score (nSPS) is 22.2. The Bertz CT molecular complexity index is 2180. The standard InChI is InChI=1S/C40H36N3O6P3/c1-32-41-50(45-34-22-10-3-11-23-34)39(40(50)44-33-20-8-2-9-21-33)42-52(48-37-28-16-6-17-29-37,49-38-30-18-7-19-31-38)43-51(32,46-35-24-12-4-13-25-35)47-36-26-14-5-15-27-36/h2-32,39-40H,1H3/t32?,39-,40?,50?/m0/s1. The molecule has 0 bridgehead atoms. The van der Waals surface area contributed by atoms with Gasteiger partial charge < -0.3 is 27.4 Å². The molecule has 0 spiro atoms. The topological polar surface area (TPSA) is 92.5 Å². The van der Waals surface area contributed by atoms with Crippen LogP contribution in [0.5, 0.6) is 34.5 Å². The molecule has 12 heteroatoms. The Hall–Kier alpha value is -5.19. The molecule has 2 heterocycles. The largest absolute Gasteiger partial charge is 0.478 e. The molecule has 0 aromatic heterocycles. The van der Waals surface area contributed by atoms with Gasteiger partial charge in [0.1, 0.15) is 34.5 Å². The second-order valence-corrected chi connectivity index (χ2v) is 19.3. The maximum Gasteiger partial charge on any atom is 0.449 e. The zero-order chi connectivity index (χ0) is 35.3. The van der Waals surface area contributed by atoms with Crippen molar-refractivity contribution < 1.29 is 27.4 Å². The van der Waals surface area contributed by atoms with Crippen molar-refractivity contribution >= 4 is 22.4 Å². The van der Waals surface area contributed by atoms with E-state index < -0.39 is 39.9 Å². The summed E-state index contributed by atoms with van der Waals surface area (Å²) < 4.78 is 58.1. The van der Waals surface area contributed by atoms with Gasteiger partial charge in [-0.2, -0.15) is 4.74 Å². The highest BCUT2D eigenvalue weighted by Gasteiger charge is 2.68. The molecule has 9 nitrogen and oxygen atoms in total. The molecule has 6 aromatic rings. The lowest BCUT2D eigenvalue weighted by molar-refractivity contribution is 0.311. The highest BCUT2D eigenvalue weighted by atomic mass is 31.2. The SMILES string of the molecule is CC1N=P2(Oc3ccccc3)C(Oc3ccccc3)[C@H]2N=P(Oc2ccccc2)(Oc2ccccc2)N=P1(Oc1ccccc1)Oc1ccccc1. The van der Waals surface area contributed by atoms with Crippen LogP contribution in [0, 0.1) is 0 Å². The number of hydrogen-bond acceptors (Lipinski definition) is 9. The van der Waals surface area contributed by atoms with E-state index in [0.717, 1.165) is 0 Å². The van der Waals surface area contributed by atoms with E-state index in [2.05, 4.69) is 0 Å². The van der Waals surface area contributed by atoms with Crippen LogP contribution in [-0.4, -0.2) is 17.4 Å². The molecular weight excluding hydrogens is 711 g/mol. The number of nitrogens with zero attached hydrogens (tertiary/aromatic N) is 3. The number of fused-ring (bicyclic) bond motifs is 1. The average molecular weight is 748 g/mol. The van der Waals surface area contributed by atoms with Gasteiger partial charge in [-0.25, -0.2) is 4.74 Å². The first-order valence-corrected chi connectivity index (χ1v) is 21.8. The fourth-order valence-corrected chi connectivity index (χ4v) is 15.7. The average Bonchev–Trinajstić information content (AvgIpc) is 3.72. The molecule has 0 N–H and O–H groups in total. The zero-order valence-corrected chi connectivity index (χ0v) is 30.9. The van der Waals surface area contributed by atoms with Crippen molar-refractivity contribution in [3.63, 3.8) is 0 Å². The summed E-state index contributed by atoms with van der Waals surface area (Å²) in [5.41, 5.74) is 0. The minimum Gasteiger partial charge on any atom is -0.478 e. The molecular formula is C40H36N3O6P3. The Labute approximate surface area is 303 Å². The summed E-state index contributed by atoms with van der Waals surface area (Å²) in [5.74, 6) is 1.63. The van der Waals surface area contributed by atoms with Gasteiger partial charge in [0.2, 0.25) is 7.28 Å². The lowest BCUT2D eigenvalue weighted by Gasteiger charge is -2.32. The second-order valence-electron chi connectivity index (χ2n) is 11.9. The Morgan fingerprint density at radius 3 is 1.15 bits per heavy atom. The summed E-state index contributed by atoms with van der Waals surface area (Å²) in [6.45, 7) is 1.96. The molecule has 0 radical (unpaired) electrons. The minimum absolute atomic E-state index is 0.524. The van der Waals surface area contributed by atoms with Gasteiger partial charge in [0.15, 0.2) is 17.4 Å². The van der Waals surface area contributed by atoms with Crippen LogP contribution in [0.25, 0.3) is 0 Å².